The highest BCUT2D eigenvalue weighted by molar-refractivity contribution is 5.84. The van der Waals surface area contributed by atoms with Crippen molar-refractivity contribution in [2.45, 2.75) is 6.18 Å². The van der Waals surface area contributed by atoms with Crippen LogP contribution in [0.1, 0.15) is 5.56 Å². The predicted molar refractivity (Wildman–Crippen MR) is 98.5 cm³/mol. The van der Waals surface area contributed by atoms with E-state index in [1.165, 1.54) is 12.4 Å². The second-order valence-corrected chi connectivity index (χ2v) is 6.00. The molecule has 0 aliphatic rings. The third-order valence-corrected chi connectivity index (χ3v) is 4.09. The SMILES string of the molecule is FC(F)(F)c1cccc(Nc2cccc(-c3c[c]c4ncncc4c3)c2)c1. The van der Waals surface area contributed by atoms with E-state index in [-0.39, 0.29) is 0 Å². The van der Waals surface area contributed by atoms with Crippen molar-refractivity contribution in [2.24, 2.45) is 0 Å². The van der Waals surface area contributed by atoms with E-state index in [0.717, 1.165) is 34.2 Å². The van der Waals surface area contributed by atoms with Crippen LogP contribution in [-0.2, 0) is 6.18 Å². The maximum Gasteiger partial charge on any atom is 0.416 e. The number of benzene rings is 3. The van der Waals surface area contributed by atoms with Gasteiger partial charge in [-0.1, -0.05) is 18.2 Å². The number of anilines is 2. The number of alkyl halides is 3. The Labute approximate surface area is 153 Å². The van der Waals surface area contributed by atoms with Crippen molar-refractivity contribution in [1.82, 2.24) is 9.97 Å². The molecule has 27 heavy (non-hydrogen) atoms. The maximum atomic E-state index is 12.9. The van der Waals surface area contributed by atoms with Crippen LogP contribution in [0.15, 0.2) is 73.2 Å². The minimum Gasteiger partial charge on any atom is -0.355 e. The number of hydrogen-bond acceptors (Lipinski definition) is 3. The lowest BCUT2D eigenvalue weighted by atomic mass is 10.0. The van der Waals surface area contributed by atoms with Gasteiger partial charge in [0.2, 0.25) is 0 Å². The smallest absolute Gasteiger partial charge is 0.355 e. The second-order valence-electron chi connectivity index (χ2n) is 6.00. The molecule has 1 heterocycles. The van der Waals surface area contributed by atoms with Gasteiger partial charge in [0, 0.05) is 29.0 Å². The predicted octanol–water partition coefficient (Wildman–Crippen LogP) is 5.86. The summed E-state index contributed by atoms with van der Waals surface area (Å²) in [5, 5.41) is 3.90. The van der Waals surface area contributed by atoms with Crippen LogP contribution in [0.5, 0.6) is 0 Å². The van der Waals surface area contributed by atoms with E-state index in [1.54, 1.807) is 18.3 Å². The molecule has 0 unspecified atom stereocenters. The molecule has 4 aromatic rings. The van der Waals surface area contributed by atoms with E-state index in [0.29, 0.717) is 11.4 Å². The summed E-state index contributed by atoms with van der Waals surface area (Å²) < 4.78 is 38.6. The van der Waals surface area contributed by atoms with Crippen LogP contribution in [0.3, 0.4) is 0 Å². The molecule has 6 heteroatoms. The molecule has 3 aromatic carbocycles. The fourth-order valence-corrected chi connectivity index (χ4v) is 2.81. The molecule has 1 radical (unpaired) electrons. The fraction of sp³-hybridized carbons (Fsp3) is 0.0476. The Morgan fingerprint density at radius 3 is 2.48 bits per heavy atom. The number of nitrogens with zero attached hydrogens (tertiary/aromatic N) is 2. The normalized spacial score (nSPS) is 11.5. The number of hydrogen-bond donors (Lipinski definition) is 1. The lowest BCUT2D eigenvalue weighted by Crippen LogP contribution is -2.05. The van der Waals surface area contributed by atoms with Gasteiger partial charge >= 0.3 is 6.18 Å². The molecule has 0 saturated heterocycles. The van der Waals surface area contributed by atoms with Gasteiger partial charge in [-0.25, -0.2) is 9.97 Å². The third kappa shape index (κ3) is 3.74. The number of fused-ring (bicyclic) bond motifs is 1. The van der Waals surface area contributed by atoms with Gasteiger partial charge in [0.05, 0.1) is 11.1 Å². The molecule has 0 atom stereocenters. The van der Waals surface area contributed by atoms with Crippen LogP contribution < -0.4 is 5.32 Å². The lowest BCUT2D eigenvalue weighted by Gasteiger charge is -2.12. The van der Waals surface area contributed by atoms with Crippen molar-refractivity contribution in [3.63, 3.8) is 0 Å². The summed E-state index contributed by atoms with van der Waals surface area (Å²) in [4.78, 5) is 8.16. The van der Waals surface area contributed by atoms with Gasteiger partial charge in [-0.2, -0.15) is 13.2 Å². The topological polar surface area (TPSA) is 37.8 Å². The van der Waals surface area contributed by atoms with E-state index in [9.17, 15) is 13.2 Å². The molecule has 0 fully saturated rings. The first kappa shape index (κ1) is 17.0. The number of aromatic nitrogens is 2. The van der Waals surface area contributed by atoms with E-state index in [1.807, 2.05) is 30.3 Å². The molecule has 3 nitrogen and oxygen atoms in total. The van der Waals surface area contributed by atoms with Gasteiger partial charge in [-0.3, -0.25) is 0 Å². The van der Waals surface area contributed by atoms with Gasteiger partial charge in [-0.15, -0.1) is 0 Å². The Bertz CT molecular complexity index is 1110. The highest BCUT2D eigenvalue weighted by Gasteiger charge is 2.30. The standard InChI is InChI=1S/C21H13F3N3/c22-21(23,24)17-4-2-6-19(11-17)27-18-5-1-3-14(10-18)15-7-8-20-16(9-15)12-25-13-26-20/h1-7,9-13,27H. The summed E-state index contributed by atoms with van der Waals surface area (Å²) in [7, 11) is 0. The van der Waals surface area contributed by atoms with Gasteiger partial charge in [0.25, 0.3) is 0 Å². The molecule has 0 aliphatic heterocycles. The Morgan fingerprint density at radius 1 is 0.889 bits per heavy atom. The molecular formula is C21H13F3N3. The Balaban J connectivity index is 1.64. The van der Waals surface area contributed by atoms with Crippen molar-refractivity contribution in [2.75, 3.05) is 5.32 Å². The average Bonchev–Trinajstić information content (AvgIpc) is 2.67. The number of rotatable bonds is 3. The molecule has 0 amide bonds. The van der Waals surface area contributed by atoms with Crippen molar-refractivity contribution in [3.05, 3.63) is 84.8 Å². The van der Waals surface area contributed by atoms with Crippen molar-refractivity contribution in [1.29, 1.82) is 0 Å². The third-order valence-electron chi connectivity index (χ3n) is 4.09. The zero-order valence-electron chi connectivity index (χ0n) is 14.0. The van der Waals surface area contributed by atoms with Crippen molar-refractivity contribution >= 4 is 22.3 Å². The summed E-state index contributed by atoms with van der Waals surface area (Å²) in [5.41, 5.74) is 2.94. The molecule has 0 spiro atoms. The zero-order chi connectivity index (χ0) is 18.9. The highest BCUT2D eigenvalue weighted by atomic mass is 19.4. The zero-order valence-corrected chi connectivity index (χ0v) is 14.0. The van der Waals surface area contributed by atoms with E-state index >= 15 is 0 Å². The molecular weight excluding hydrogens is 351 g/mol. The number of nitrogens with one attached hydrogen (secondary N) is 1. The quantitative estimate of drug-likeness (QED) is 0.495. The van der Waals surface area contributed by atoms with Gasteiger partial charge in [0.1, 0.15) is 6.33 Å². The van der Waals surface area contributed by atoms with Gasteiger partial charge < -0.3 is 5.32 Å². The van der Waals surface area contributed by atoms with E-state index in [2.05, 4.69) is 21.4 Å². The van der Waals surface area contributed by atoms with E-state index in [4.69, 9.17) is 0 Å². The minimum absolute atomic E-state index is 0.375. The molecule has 0 saturated carbocycles. The van der Waals surface area contributed by atoms with Crippen LogP contribution in [-0.4, -0.2) is 9.97 Å². The van der Waals surface area contributed by atoms with Gasteiger partial charge in [0.15, 0.2) is 0 Å². The lowest BCUT2D eigenvalue weighted by molar-refractivity contribution is -0.137. The molecule has 133 valence electrons. The molecule has 4 rings (SSSR count). The van der Waals surface area contributed by atoms with Crippen molar-refractivity contribution < 1.29 is 13.2 Å². The fourth-order valence-electron chi connectivity index (χ4n) is 2.81. The summed E-state index contributed by atoms with van der Waals surface area (Å²) in [6.07, 6.45) is -1.19. The van der Waals surface area contributed by atoms with E-state index < -0.39 is 11.7 Å². The Morgan fingerprint density at radius 2 is 1.67 bits per heavy atom. The first-order valence-electron chi connectivity index (χ1n) is 8.15. The second kappa shape index (κ2) is 6.72. The summed E-state index contributed by atoms with van der Waals surface area (Å²) in [6.45, 7) is 0. The van der Waals surface area contributed by atoms with Crippen molar-refractivity contribution in [3.8, 4) is 11.1 Å². The summed E-state index contributed by atoms with van der Waals surface area (Å²) in [5.74, 6) is 0. The minimum atomic E-state index is -4.37. The van der Waals surface area contributed by atoms with Crippen LogP contribution in [0.4, 0.5) is 24.5 Å². The molecule has 1 N–H and O–H groups in total. The summed E-state index contributed by atoms with van der Waals surface area (Å²) >= 11 is 0. The first-order valence-corrected chi connectivity index (χ1v) is 8.15. The first-order chi connectivity index (χ1) is 13.0. The number of halogens is 3. The summed E-state index contributed by atoms with van der Waals surface area (Å²) in [6, 6.07) is 19.5. The van der Waals surface area contributed by atoms with Crippen LogP contribution in [0.25, 0.3) is 22.0 Å². The highest BCUT2D eigenvalue weighted by Crippen LogP contribution is 2.32. The largest absolute Gasteiger partial charge is 0.416 e. The molecule has 0 aliphatic carbocycles. The Hall–Kier alpha value is -3.41. The van der Waals surface area contributed by atoms with Crippen LogP contribution >= 0.6 is 0 Å². The monoisotopic (exact) mass is 364 g/mol. The Kier molecular flexibility index (Phi) is 4.24. The average molecular weight is 364 g/mol. The van der Waals surface area contributed by atoms with Crippen LogP contribution in [0.2, 0.25) is 0 Å². The molecule has 0 bridgehead atoms. The van der Waals surface area contributed by atoms with Gasteiger partial charge in [-0.05, 0) is 53.6 Å². The van der Waals surface area contributed by atoms with Crippen LogP contribution in [0, 0.1) is 6.07 Å². The maximum absolute atomic E-state index is 12.9. The molecule has 1 aromatic heterocycles.